The summed E-state index contributed by atoms with van der Waals surface area (Å²) in [5, 5.41) is 0. The van der Waals surface area contributed by atoms with Crippen molar-refractivity contribution in [3.63, 3.8) is 0 Å². The first-order chi connectivity index (χ1) is 12.3. The molecule has 5 nitrogen and oxygen atoms in total. The summed E-state index contributed by atoms with van der Waals surface area (Å²) in [4.78, 5) is 29.6. The van der Waals surface area contributed by atoms with Crippen molar-refractivity contribution >= 4 is 36.0 Å². The highest BCUT2D eigenvalue weighted by atomic mass is 35.5. The van der Waals surface area contributed by atoms with E-state index in [1.54, 1.807) is 16.7 Å². The van der Waals surface area contributed by atoms with E-state index in [0.29, 0.717) is 31.3 Å². The van der Waals surface area contributed by atoms with Crippen LogP contribution in [0.1, 0.15) is 32.3 Å². The van der Waals surface area contributed by atoms with Gasteiger partial charge in [0.1, 0.15) is 6.04 Å². The van der Waals surface area contributed by atoms with Crippen LogP contribution in [-0.4, -0.2) is 58.9 Å². The number of rotatable bonds is 3. The molecule has 1 unspecified atom stereocenters. The molecule has 0 spiro atoms. The predicted molar refractivity (Wildman–Crippen MR) is 113 cm³/mol. The van der Waals surface area contributed by atoms with Gasteiger partial charge in [0.15, 0.2) is 0 Å². The van der Waals surface area contributed by atoms with Gasteiger partial charge >= 0.3 is 0 Å². The van der Waals surface area contributed by atoms with Crippen molar-refractivity contribution in [1.29, 1.82) is 0 Å². The summed E-state index contributed by atoms with van der Waals surface area (Å²) in [6.45, 7) is 7.65. The lowest BCUT2D eigenvalue weighted by atomic mass is 9.89. The molecule has 2 saturated heterocycles. The minimum absolute atomic E-state index is 0. The summed E-state index contributed by atoms with van der Waals surface area (Å²) < 4.78 is 0. The average Bonchev–Trinajstić information content (AvgIpc) is 3.27. The van der Waals surface area contributed by atoms with E-state index in [9.17, 15) is 9.59 Å². The van der Waals surface area contributed by atoms with Gasteiger partial charge in [-0.25, -0.2) is 0 Å². The van der Waals surface area contributed by atoms with Gasteiger partial charge in [-0.1, -0.05) is 51.1 Å². The average molecular weight is 412 g/mol. The van der Waals surface area contributed by atoms with Crippen molar-refractivity contribution in [2.75, 3.05) is 31.3 Å². The van der Waals surface area contributed by atoms with Gasteiger partial charge in [0.2, 0.25) is 11.8 Å². The molecular formula is C20H30ClN3O2S. The fourth-order valence-electron chi connectivity index (χ4n) is 3.86. The van der Waals surface area contributed by atoms with E-state index in [1.807, 2.05) is 43.9 Å². The summed E-state index contributed by atoms with van der Waals surface area (Å²) >= 11 is 1.66. The predicted octanol–water partition coefficient (Wildman–Crippen LogP) is 2.56. The van der Waals surface area contributed by atoms with Crippen LogP contribution in [0.2, 0.25) is 0 Å². The van der Waals surface area contributed by atoms with Gasteiger partial charge in [0, 0.05) is 30.2 Å². The Morgan fingerprint density at radius 2 is 1.85 bits per heavy atom. The Morgan fingerprint density at radius 3 is 2.44 bits per heavy atom. The molecule has 3 rings (SSSR count). The van der Waals surface area contributed by atoms with Gasteiger partial charge < -0.3 is 15.5 Å². The SMILES string of the molecule is CC(C)(C)C(=O)N1CSCC1C(=O)N1C[C@@H](CN)[C@H](c2ccccc2)C1.Cl. The number of amides is 2. The van der Waals surface area contributed by atoms with Crippen LogP contribution in [0.4, 0.5) is 0 Å². The van der Waals surface area contributed by atoms with E-state index in [2.05, 4.69) is 12.1 Å². The topological polar surface area (TPSA) is 66.6 Å². The van der Waals surface area contributed by atoms with E-state index in [-0.39, 0.29) is 42.1 Å². The lowest BCUT2D eigenvalue weighted by Crippen LogP contribution is -2.51. The Balaban J connectivity index is 0.00000261. The van der Waals surface area contributed by atoms with Crippen LogP contribution in [0.3, 0.4) is 0 Å². The number of carbonyl (C=O) groups is 2. The van der Waals surface area contributed by atoms with Crippen LogP contribution in [0.5, 0.6) is 0 Å². The molecule has 2 fully saturated rings. The van der Waals surface area contributed by atoms with Gasteiger partial charge in [0.25, 0.3) is 0 Å². The van der Waals surface area contributed by atoms with Gasteiger partial charge in [-0.15, -0.1) is 24.2 Å². The fraction of sp³-hybridized carbons (Fsp3) is 0.600. The van der Waals surface area contributed by atoms with E-state index in [0.717, 1.165) is 0 Å². The van der Waals surface area contributed by atoms with Crippen LogP contribution < -0.4 is 5.73 Å². The summed E-state index contributed by atoms with van der Waals surface area (Å²) in [5.41, 5.74) is 6.77. The number of carbonyl (C=O) groups excluding carboxylic acids is 2. The Hall–Kier alpha value is -1.24. The maximum Gasteiger partial charge on any atom is 0.246 e. The normalized spacial score (nSPS) is 25.4. The Kier molecular flexibility index (Phi) is 7.22. The molecule has 2 amide bonds. The van der Waals surface area contributed by atoms with Crippen molar-refractivity contribution in [2.24, 2.45) is 17.1 Å². The van der Waals surface area contributed by atoms with Gasteiger partial charge in [-0.05, 0) is 18.0 Å². The molecule has 27 heavy (non-hydrogen) atoms. The molecule has 0 saturated carbocycles. The summed E-state index contributed by atoms with van der Waals surface area (Å²) in [6.07, 6.45) is 0. The first-order valence-corrected chi connectivity index (χ1v) is 10.4. The van der Waals surface area contributed by atoms with Gasteiger partial charge in [-0.3, -0.25) is 9.59 Å². The first kappa shape index (κ1) is 22.1. The highest BCUT2D eigenvalue weighted by Gasteiger charge is 2.43. The quantitative estimate of drug-likeness (QED) is 0.830. The molecule has 0 radical (unpaired) electrons. The molecule has 0 aliphatic carbocycles. The molecule has 1 aromatic rings. The number of benzene rings is 1. The van der Waals surface area contributed by atoms with E-state index in [4.69, 9.17) is 5.73 Å². The van der Waals surface area contributed by atoms with E-state index >= 15 is 0 Å². The van der Waals surface area contributed by atoms with E-state index in [1.165, 1.54) is 5.56 Å². The highest BCUT2D eigenvalue weighted by molar-refractivity contribution is 7.99. The number of hydrogen-bond acceptors (Lipinski definition) is 4. The molecule has 2 aliphatic heterocycles. The molecule has 0 bridgehead atoms. The van der Waals surface area contributed by atoms with Crippen LogP contribution in [-0.2, 0) is 9.59 Å². The molecule has 7 heteroatoms. The largest absolute Gasteiger partial charge is 0.340 e. The third-order valence-electron chi connectivity index (χ3n) is 5.35. The van der Waals surface area contributed by atoms with Crippen molar-refractivity contribution < 1.29 is 9.59 Å². The maximum absolute atomic E-state index is 13.2. The summed E-state index contributed by atoms with van der Waals surface area (Å²) in [5.74, 6) is 1.94. The zero-order chi connectivity index (χ0) is 18.9. The zero-order valence-corrected chi connectivity index (χ0v) is 17.9. The number of hydrogen-bond donors (Lipinski definition) is 1. The molecule has 150 valence electrons. The molecule has 2 heterocycles. The lowest BCUT2D eigenvalue weighted by molar-refractivity contribution is -0.147. The minimum atomic E-state index is -0.471. The third-order valence-corrected chi connectivity index (χ3v) is 6.37. The molecule has 2 N–H and O–H groups in total. The van der Waals surface area contributed by atoms with Crippen molar-refractivity contribution in [3.05, 3.63) is 35.9 Å². The zero-order valence-electron chi connectivity index (χ0n) is 16.3. The molecule has 3 atom stereocenters. The first-order valence-electron chi connectivity index (χ1n) is 9.25. The monoisotopic (exact) mass is 411 g/mol. The number of likely N-dealkylation sites (tertiary alicyclic amines) is 1. The Labute approximate surface area is 172 Å². The fourth-order valence-corrected chi connectivity index (χ4v) is 5.00. The van der Waals surface area contributed by atoms with Gasteiger partial charge in [-0.2, -0.15) is 0 Å². The van der Waals surface area contributed by atoms with Crippen LogP contribution in [0.15, 0.2) is 30.3 Å². The molecule has 1 aromatic carbocycles. The summed E-state index contributed by atoms with van der Waals surface area (Å²) in [7, 11) is 0. The van der Waals surface area contributed by atoms with E-state index < -0.39 is 5.41 Å². The number of halogens is 1. The number of thioether (sulfide) groups is 1. The van der Waals surface area contributed by atoms with Crippen LogP contribution in [0, 0.1) is 11.3 Å². The second-order valence-corrected chi connectivity index (χ2v) is 9.30. The Bertz CT molecular complexity index is 665. The number of nitrogens with two attached hydrogens (primary N) is 1. The third kappa shape index (κ3) is 4.61. The molecular weight excluding hydrogens is 382 g/mol. The minimum Gasteiger partial charge on any atom is -0.340 e. The smallest absolute Gasteiger partial charge is 0.246 e. The lowest BCUT2D eigenvalue weighted by Gasteiger charge is -2.31. The second-order valence-electron chi connectivity index (χ2n) is 8.30. The number of nitrogens with zero attached hydrogens (tertiary/aromatic N) is 2. The van der Waals surface area contributed by atoms with Crippen molar-refractivity contribution in [1.82, 2.24) is 9.80 Å². The molecule has 2 aliphatic rings. The van der Waals surface area contributed by atoms with Crippen molar-refractivity contribution in [3.8, 4) is 0 Å². The second kappa shape index (κ2) is 8.84. The molecule has 0 aromatic heterocycles. The van der Waals surface area contributed by atoms with Crippen molar-refractivity contribution in [2.45, 2.75) is 32.7 Å². The highest BCUT2D eigenvalue weighted by Crippen LogP contribution is 2.34. The Morgan fingerprint density at radius 1 is 1.19 bits per heavy atom. The standard InChI is InChI=1S/C20H29N3O2S.ClH/c1-20(2,3)19(25)23-13-26-12-17(23)18(24)22-10-15(9-21)16(11-22)14-7-5-4-6-8-14;/h4-8,15-17H,9-13,21H2,1-3H3;1H/t15-,16+,17?;/m1./s1. The van der Waals surface area contributed by atoms with Gasteiger partial charge in [0.05, 0.1) is 5.88 Å². The van der Waals surface area contributed by atoms with Crippen LogP contribution >= 0.6 is 24.2 Å². The maximum atomic E-state index is 13.2. The van der Waals surface area contributed by atoms with Crippen LogP contribution in [0.25, 0.3) is 0 Å². The summed E-state index contributed by atoms with van der Waals surface area (Å²) in [6, 6.07) is 9.95.